The second kappa shape index (κ2) is 11.0. The SMILES string of the molecule is C[C@H](C(=O)Nc1ncc(C(F)(F)F)s1)c1cccc(-c2cnc(NC(=O)/C=C/CN3CCC3)cn2)c1. The van der Waals surface area contributed by atoms with E-state index in [0.717, 1.165) is 19.6 Å². The largest absolute Gasteiger partial charge is 0.427 e. The van der Waals surface area contributed by atoms with Crippen molar-refractivity contribution < 1.29 is 22.8 Å². The van der Waals surface area contributed by atoms with Gasteiger partial charge < -0.3 is 10.6 Å². The molecule has 0 spiro atoms. The molecule has 1 atom stereocenters. The molecule has 36 heavy (non-hydrogen) atoms. The second-order valence-corrected chi connectivity index (χ2v) is 9.23. The molecule has 0 unspecified atom stereocenters. The van der Waals surface area contributed by atoms with Gasteiger partial charge in [0, 0.05) is 18.2 Å². The fourth-order valence-corrected chi connectivity index (χ4v) is 4.06. The minimum absolute atomic E-state index is 0.116. The monoisotopic (exact) mass is 516 g/mol. The number of hydrogen-bond acceptors (Lipinski definition) is 7. The average Bonchev–Trinajstić information content (AvgIpc) is 3.30. The molecule has 0 aliphatic carbocycles. The van der Waals surface area contributed by atoms with Gasteiger partial charge in [-0.25, -0.2) is 9.97 Å². The molecule has 3 heterocycles. The fraction of sp³-hybridized carbons (Fsp3) is 0.292. The summed E-state index contributed by atoms with van der Waals surface area (Å²) >= 11 is 0.373. The summed E-state index contributed by atoms with van der Waals surface area (Å²) < 4.78 is 38.3. The highest BCUT2D eigenvalue weighted by atomic mass is 32.1. The quantitative estimate of drug-likeness (QED) is 0.426. The van der Waals surface area contributed by atoms with Crippen LogP contribution in [0.5, 0.6) is 0 Å². The lowest BCUT2D eigenvalue weighted by Gasteiger charge is -2.29. The predicted octanol–water partition coefficient (Wildman–Crippen LogP) is 4.56. The average molecular weight is 517 g/mol. The van der Waals surface area contributed by atoms with Crippen LogP contribution in [0.2, 0.25) is 0 Å². The summed E-state index contributed by atoms with van der Waals surface area (Å²) in [5, 5.41) is 4.98. The van der Waals surface area contributed by atoms with Gasteiger partial charge in [0.15, 0.2) is 10.9 Å². The maximum absolute atomic E-state index is 12.8. The van der Waals surface area contributed by atoms with E-state index in [9.17, 15) is 22.8 Å². The Labute approximate surface area is 209 Å². The van der Waals surface area contributed by atoms with E-state index in [1.807, 2.05) is 6.08 Å². The number of nitrogens with zero attached hydrogens (tertiary/aromatic N) is 4. The van der Waals surface area contributed by atoms with E-state index in [1.54, 1.807) is 31.2 Å². The van der Waals surface area contributed by atoms with Gasteiger partial charge in [0.1, 0.15) is 4.88 Å². The van der Waals surface area contributed by atoms with Crippen LogP contribution < -0.4 is 10.6 Å². The van der Waals surface area contributed by atoms with Crippen LogP contribution in [0.3, 0.4) is 0 Å². The number of benzene rings is 1. The number of aromatic nitrogens is 3. The molecule has 1 fully saturated rings. The van der Waals surface area contributed by atoms with Crippen molar-refractivity contribution in [3.8, 4) is 11.3 Å². The highest BCUT2D eigenvalue weighted by molar-refractivity contribution is 7.15. The van der Waals surface area contributed by atoms with E-state index in [2.05, 4.69) is 30.5 Å². The van der Waals surface area contributed by atoms with Crippen LogP contribution in [0.4, 0.5) is 24.1 Å². The number of carbonyl (C=O) groups is 2. The molecule has 2 aromatic heterocycles. The maximum atomic E-state index is 12.8. The lowest BCUT2D eigenvalue weighted by Crippen LogP contribution is -2.37. The Balaban J connectivity index is 1.36. The Bertz CT molecular complexity index is 1260. The van der Waals surface area contributed by atoms with Gasteiger partial charge in [0.05, 0.1) is 30.2 Å². The molecule has 1 aliphatic heterocycles. The standard InChI is InChI=1S/C24H23F3N6O2S/c1-15(22(35)32-23-30-13-19(36-23)24(25,26)27)16-5-2-6-17(11-16)18-12-29-20(14-28-18)31-21(34)7-3-8-33-9-4-10-33/h2-3,5-7,11-15H,4,8-10H2,1H3,(H,29,31,34)(H,30,32,35)/b7-3+/t15-/m0/s1. The second-order valence-electron chi connectivity index (χ2n) is 8.20. The first-order valence-electron chi connectivity index (χ1n) is 11.1. The molecular formula is C24H23F3N6O2S. The summed E-state index contributed by atoms with van der Waals surface area (Å²) in [7, 11) is 0. The van der Waals surface area contributed by atoms with Crippen molar-refractivity contribution in [3.05, 3.63) is 65.4 Å². The Morgan fingerprint density at radius 1 is 1.14 bits per heavy atom. The Hall–Kier alpha value is -3.64. The van der Waals surface area contributed by atoms with Crippen molar-refractivity contribution in [1.29, 1.82) is 0 Å². The molecule has 188 valence electrons. The van der Waals surface area contributed by atoms with Crippen LogP contribution in [-0.2, 0) is 15.8 Å². The van der Waals surface area contributed by atoms with E-state index in [0.29, 0.717) is 40.2 Å². The van der Waals surface area contributed by atoms with Gasteiger partial charge in [0.25, 0.3) is 0 Å². The number of carbonyl (C=O) groups excluding carboxylic acids is 2. The van der Waals surface area contributed by atoms with Crippen LogP contribution >= 0.6 is 11.3 Å². The number of nitrogens with one attached hydrogen (secondary N) is 2. The Kier molecular flexibility index (Phi) is 7.75. The number of halogens is 3. The zero-order chi connectivity index (χ0) is 25.7. The first kappa shape index (κ1) is 25.5. The van der Waals surface area contributed by atoms with E-state index in [1.165, 1.54) is 24.9 Å². The number of likely N-dealkylation sites (tertiary alicyclic amines) is 1. The highest BCUT2D eigenvalue weighted by Gasteiger charge is 2.33. The molecule has 0 bridgehead atoms. The van der Waals surface area contributed by atoms with Crippen LogP contribution in [0.15, 0.2) is 55.0 Å². The number of thiazole rings is 1. The topological polar surface area (TPSA) is 100 Å². The Morgan fingerprint density at radius 3 is 2.58 bits per heavy atom. The van der Waals surface area contributed by atoms with E-state index in [-0.39, 0.29) is 11.0 Å². The molecule has 12 heteroatoms. The van der Waals surface area contributed by atoms with Gasteiger partial charge in [-0.05, 0) is 38.1 Å². The number of hydrogen-bond donors (Lipinski definition) is 2. The third kappa shape index (κ3) is 6.52. The van der Waals surface area contributed by atoms with Gasteiger partial charge >= 0.3 is 6.18 Å². The van der Waals surface area contributed by atoms with E-state index < -0.39 is 22.9 Å². The summed E-state index contributed by atoms with van der Waals surface area (Å²) in [6, 6.07) is 7.05. The van der Waals surface area contributed by atoms with Crippen molar-refractivity contribution in [3.63, 3.8) is 0 Å². The smallest absolute Gasteiger partial charge is 0.306 e. The Morgan fingerprint density at radius 2 is 1.94 bits per heavy atom. The minimum atomic E-state index is -4.51. The van der Waals surface area contributed by atoms with Crippen molar-refractivity contribution in [2.75, 3.05) is 30.3 Å². The number of amides is 2. The molecular weight excluding hydrogens is 493 g/mol. The van der Waals surface area contributed by atoms with Crippen LogP contribution in [0.1, 0.15) is 29.7 Å². The van der Waals surface area contributed by atoms with Gasteiger partial charge in [-0.15, -0.1) is 0 Å². The van der Waals surface area contributed by atoms with Crippen LogP contribution in [0, 0.1) is 0 Å². The minimum Gasteiger partial charge on any atom is -0.306 e. The zero-order valence-corrected chi connectivity index (χ0v) is 20.1. The summed E-state index contributed by atoms with van der Waals surface area (Å²) in [6.07, 6.45) is 3.61. The number of rotatable bonds is 8. The maximum Gasteiger partial charge on any atom is 0.427 e. The number of anilines is 2. The molecule has 0 radical (unpaired) electrons. The first-order valence-corrected chi connectivity index (χ1v) is 12.0. The van der Waals surface area contributed by atoms with Gasteiger partial charge in [-0.1, -0.05) is 35.6 Å². The van der Waals surface area contributed by atoms with Crippen molar-refractivity contribution in [2.24, 2.45) is 0 Å². The predicted molar refractivity (Wildman–Crippen MR) is 130 cm³/mol. The molecule has 4 rings (SSSR count). The molecule has 0 saturated carbocycles. The summed E-state index contributed by atoms with van der Waals surface area (Å²) in [5.41, 5.74) is 1.87. The lowest BCUT2D eigenvalue weighted by molar-refractivity contribution is -0.134. The van der Waals surface area contributed by atoms with E-state index in [4.69, 9.17) is 0 Å². The molecule has 1 aliphatic rings. The third-order valence-electron chi connectivity index (χ3n) is 5.58. The summed E-state index contributed by atoms with van der Waals surface area (Å²) in [4.78, 5) is 38.2. The van der Waals surface area contributed by atoms with Crippen LogP contribution in [-0.4, -0.2) is 51.3 Å². The molecule has 3 aromatic rings. The van der Waals surface area contributed by atoms with Crippen LogP contribution in [0.25, 0.3) is 11.3 Å². The molecule has 1 aromatic carbocycles. The third-order valence-corrected chi connectivity index (χ3v) is 6.53. The molecule has 1 saturated heterocycles. The van der Waals surface area contributed by atoms with E-state index >= 15 is 0 Å². The van der Waals surface area contributed by atoms with Gasteiger partial charge in [0.2, 0.25) is 11.8 Å². The summed E-state index contributed by atoms with van der Waals surface area (Å²) in [5.74, 6) is -1.12. The van der Waals surface area contributed by atoms with Gasteiger partial charge in [-0.2, -0.15) is 13.2 Å². The van der Waals surface area contributed by atoms with Crippen molar-refractivity contribution >= 4 is 34.1 Å². The first-order chi connectivity index (χ1) is 17.2. The van der Waals surface area contributed by atoms with Gasteiger partial charge in [-0.3, -0.25) is 19.5 Å². The van der Waals surface area contributed by atoms with Crippen molar-refractivity contribution in [2.45, 2.75) is 25.4 Å². The summed E-state index contributed by atoms with van der Waals surface area (Å²) in [6.45, 7) is 4.49. The highest BCUT2D eigenvalue weighted by Crippen LogP contribution is 2.35. The fourth-order valence-electron chi connectivity index (χ4n) is 3.38. The molecule has 2 N–H and O–H groups in total. The molecule has 2 amide bonds. The number of alkyl halides is 3. The lowest BCUT2D eigenvalue weighted by atomic mass is 9.97. The van der Waals surface area contributed by atoms with Crippen molar-refractivity contribution in [1.82, 2.24) is 19.9 Å². The normalized spacial score (nSPS) is 14.9. The zero-order valence-electron chi connectivity index (χ0n) is 19.2. The molecule has 8 nitrogen and oxygen atoms in total.